The minimum Gasteiger partial charge on any atom is -0.489 e. The zero-order chi connectivity index (χ0) is 20.9. The fraction of sp³-hybridized carbons (Fsp3) is 0.350. The number of hydrogen-bond acceptors (Lipinski definition) is 9. The summed E-state index contributed by atoms with van der Waals surface area (Å²) in [7, 11) is 1.57. The average Bonchev–Trinajstić information content (AvgIpc) is 3.23. The van der Waals surface area contributed by atoms with Crippen LogP contribution in [0.25, 0.3) is 11.3 Å². The molecular formula is C20H22N8O2. The molecule has 3 aromatic rings. The Morgan fingerprint density at radius 3 is 2.70 bits per heavy atom. The second kappa shape index (κ2) is 8.75. The van der Waals surface area contributed by atoms with Gasteiger partial charge < -0.3 is 20.5 Å². The number of nitrogens with one attached hydrogen (secondary N) is 2. The van der Waals surface area contributed by atoms with Crippen molar-refractivity contribution in [2.45, 2.75) is 37.8 Å². The van der Waals surface area contributed by atoms with E-state index >= 15 is 0 Å². The topological polar surface area (TPSA) is 148 Å². The predicted octanol–water partition coefficient (Wildman–Crippen LogP) is 2.53. The molecular weight excluding hydrogens is 384 g/mol. The van der Waals surface area contributed by atoms with Gasteiger partial charge in [-0.3, -0.25) is 5.10 Å². The van der Waals surface area contributed by atoms with Crippen LogP contribution >= 0.6 is 0 Å². The van der Waals surface area contributed by atoms with E-state index in [1.165, 1.54) is 12.4 Å². The molecule has 0 amide bonds. The number of pyridine rings is 1. The number of aromatic amines is 1. The van der Waals surface area contributed by atoms with Crippen LogP contribution in [0.3, 0.4) is 0 Å². The van der Waals surface area contributed by atoms with Crippen LogP contribution in [0.2, 0.25) is 0 Å². The van der Waals surface area contributed by atoms with Gasteiger partial charge in [0.1, 0.15) is 23.2 Å². The van der Waals surface area contributed by atoms with Gasteiger partial charge in [0.05, 0.1) is 31.3 Å². The van der Waals surface area contributed by atoms with Crippen LogP contribution in [-0.4, -0.2) is 44.4 Å². The van der Waals surface area contributed by atoms with Crippen molar-refractivity contribution in [3.05, 3.63) is 36.4 Å². The van der Waals surface area contributed by atoms with E-state index in [1.54, 1.807) is 13.3 Å². The maximum atomic E-state index is 8.83. The summed E-state index contributed by atoms with van der Waals surface area (Å²) in [5, 5.41) is 19.1. The van der Waals surface area contributed by atoms with E-state index in [4.69, 9.17) is 20.5 Å². The van der Waals surface area contributed by atoms with Crippen molar-refractivity contribution in [1.29, 1.82) is 5.26 Å². The third-order valence-electron chi connectivity index (χ3n) is 4.95. The van der Waals surface area contributed by atoms with Crippen LogP contribution in [0.5, 0.6) is 11.6 Å². The van der Waals surface area contributed by atoms with Gasteiger partial charge in [0.2, 0.25) is 5.88 Å². The molecule has 10 heteroatoms. The van der Waals surface area contributed by atoms with Crippen LogP contribution in [0.1, 0.15) is 31.4 Å². The minimum absolute atomic E-state index is 0.102. The molecule has 154 valence electrons. The van der Waals surface area contributed by atoms with Crippen LogP contribution in [-0.2, 0) is 0 Å². The summed E-state index contributed by atoms with van der Waals surface area (Å²) < 4.78 is 11.8. The standard InChI is InChI=1S/C20H22N8O2/c1-29-20-19(16(6-7-23-20)30-14-4-2-12(22)3-5-14)15-8-17(28-27-15)26-18-11-24-13(9-21)10-25-18/h6-8,10-12,14H,2-5,22H2,1H3,(H2,25,26,27,28). The number of hydrogen-bond donors (Lipinski definition) is 3. The Bertz CT molecular complexity index is 1040. The van der Waals surface area contributed by atoms with E-state index in [0.717, 1.165) is 25.7 Å². The Kier molecular flexibility index (Phi) is 5.72. The highest BCUT2D eigenvalue weighted by atomic mass is 16.5. The number of nitrogens with two attached hydrogens (primary N) is 1. The number of anilines is 2. The normalized spacial score (nSPS) is 18.4. The first kappa shape index (κ1) is 19.6. The Labute approximate surface area is 173 Å². The SMILES string of the molecule is COc1nccc(OC2CCC(N)CC2)c1-c1cc(Nc2cnc(C#N)cn2)n[nH]1. The van der Waals surface area contributed by atoms with Crippen molar-refractivity contribution in [2.24, 2.45) is 5.73 Å². The lowest BCUT2D eigenvalue weighted by molar-refractivity contribution is 0.147. The number of nitrogens with zero attached hydrogens (tertiary/aromatic N) is 5. The fourth-order valence-electron chi connectivity index (χ4n) is 3.41. The molecule has 1 fully saturated rings. The summed E-state index contributed by atoms with van der Waals surface area (Å²) in [6.45, 7) is 0. The summed E-state index contributed by atoms with van der Waals surface area (Å²) in [6, 6.07) is 5.82. The minimum atomic E-state index is 0.102. The molecule has 10 nitrogen and oxygen atoms in total. The lowest BCUT2D eigenvalue weighted by Gasteiger charge is -2.27. The van der Waals surface area contributed by atoms with Crippen molar-refractivity contribution in [2.75, 3.05) is 12.4 Å². The van der Waals surface area contributed by atoms with Crippen molar-refractivity contribution in [1.82, 2.24) is 25.1 Å². The molecule has 3 aromatic heterocycles. The van der Waals surface area contributed by atoms with E-state index < -0.39 is 0 Å². The Hall–Kier alpha value is -3.71. The first-order valence-corrected chi connectivity index (χ1v) is 9.66. The number of H-pyrrole nitrogens is 1. The Balaban J connectivity index is 1.57. The van der Waals surface area contributed by atoms with Crippen molar-refractivity contribution < 1.29 is 9.47 Å². The molecule has 1 saturated carbocycles. The van der Waals surface area contributed by atoms with Gasteiger partial charge in [0, 0.05) is 18.3 Å². The molecule has 1 aliphatic carbocycles. The van der Waals surface area contributed by atoms with Gasteiger partial charge in [0.15, 0.2) is 11.5 Å². The maximum absolute atomic E-state index is 8.83. The molecule has 0 unspecified atom stereocenters. The number of nitriles is 1. The lowest BCUT2D eigenvalue weighted by Crippen LogP contribution is -2.31. The maximum Gasteiger partial charge on any atom is 0.226 e. The van der Waals surface area contributed by atoms with Gasteiger partial charge in [-0.1, -0.05) is 0 Å². The van der Waals surface area contributed by atoms with E-state index in [9.17, 15) is 0 Å². The van der Waals surface area contributed by atoms with Gasteiger partial charge in [-0.15, -0.1) is 0 Å². The van der Waals surface area contributed by atoms with E-state index in [2.05, 4.69) is 30.5 Å². The number of methoxy groups -OCH3 is 1. The van der Waals surface area contributed by atoms with Crippen molar-refractivity contribution >= 4 is 11.6 Å². The molecule has 1 aliphatic rings. The van der Waals surface area contributed by atoms with Gasteiger partial charge in [0.25, 0.3) is 0 Å². The van der Waals surface area contributed by atoms with Crippen molar-refractivity contribution in [3.8, 4) is 29.0 Å². The largest absolute Gasteiger partial charge is 0.489 e. The second-order valence-corrected chi connectivity index (χ2v) is 7.04. The molecule has 0 atom stereocenters. The first-order valence-electron chi connectivity index (χ1n) is 9.66. The molecule has 4 N–H and O–H groups in total. The van der Waals surface area contributed by atoms with Gasteiger partial charge in [-0.05, 0) is 31.7 Å². The van der Waals surface area contributed by atoms with E-state index in [1.807, 2.05) is 18.2 Å². The number of aromatic nitrogens is 5. The first-order chi connectivity index (χ1) is 14.7. The van der Waals surface area contributed by atoms with E-state index in [0.29, 0.717) is 34.5 Å². The summed E-state index contributed by atoms with van der Waals surface area (Å²) >= 11 is 0. The van der Waals surface area contributed by atoms with Gasteiger partial charge >= 0.3 is 0 Å². The molecule has 0 bridgehead atoms. The molecule has 3 heterocycles. The molecule has 0 spiro atoms. The zero-order valence-electron chi connectivity index (χ0n) is 16.5. The highest BCUT2D eigenvalue weighted by molar-refractivity contribution is 5.74. The molecule has 0 aromatic carbocycles. The van der Waals surface area contributed by atoms with Crippen LogP contribution in [0, 0.1) is 11.3 Å². The Morgan fingerprint density at radius 1 is 1.17 bits per heavy atom. The van der Waals surface area contributed by atoms with Crippen LogP contribution in [0.15, 0.2) is 30.7 Å². The van der Waals surface area contributed by atoms with Crippen molar-refractivity contribution in [3.63, 3.8) is 0 Å². The highest BCUT2D eigenvalue weighted by Gasteiger charge is 2.23. The number of ether oxygens (including phenoxy) is 2. The lowest BCUT2D eigenvalue weighted by atomic mass is 9.93. The van der Waals surface area contributed by atoms with E-state index in [-0.39, 0.29) is 17.8 Å². The fourth-order valence-corrected chi connectivity index (χ4v) is 3.41. The Morgan fingerprint density at radius 2 is 2.00 bits per heavy atom. The molecule has 30 heavy (non-hydrogen) atoms. The molecule has 0 radical (unpaired) electrons. The highest BCUT2D eigenvalue weighted by Crippen LogP contribution is 2.38. The van der Waals surface area contributed by atoms with Crippen LogP contribution < -0.4 is 20.5 Å². The zero-order valence-corrected chi connectivity index (χ0v) is 16.5. The average molecular weight is 406 g/mol. The predicted molar refractivity (Wildman–Crippen MR) is 109 cm³/mol. The molecule has 0 aliphatic heterocycles. The summed E-state index contributed by atoms with van der Waals surface area (Å²) in [5.74, 6) is 2.12. The second-order valence-electron chi connectivity index (χ2n) is 7.04. The molecule has 4 rings (SSSR count). The number of rotatable bonds is 6. The smallest absolute Gasteiger partial charge is 0.226 e. The summed E-state index contributed by atoms with van der Waals surface area (Å²) in [4.78, 5) is 12.4. The summed E-state index contributed by atoms with van der Waals surface area (Å²) in [6.07, 6.45) is 8.36. The van der Waals surface area contributed by atoms with Gasteiger partial charge in [-0.2, -0.15) is 10.4 Å². The monoisotopic (exact) mass is 406 g/mol. The summed E-state index contributed by atoms with van der Waals surface area (Å²) in [5.41, 5.74) is 7.63. The van der Waals surface area contributed by atoms with Gasteiger partial charge in [-0.25, -0.2) is 15.0 Å². The third-order valence-corrected chi connectivity index (χ3v) is 4.95. The third kappa shape index (κ3) is 4.31. The van der Waals surface area contributed by atoms with Crippen LogP contribution in [0.4, 0.5) is 11.6 Å². The quantitative estimate of drug-likeness (QED) is 0.561. The molecule has 0 saturated heterocycles.